The van der Waals surface area contributed by atoms with Gasteiger partial charge in [0.2, 0.25) is 10.0 Å². The molecule has 2 heterocycles. The zero-order chi connectivity index (χ0) is 17.3. The maximum atomic E-state index is 12.3. The Balaban J connectivity index is 1.29. The van der Waals surface area contributed by atoms with Gasteiger partial charge >= 0.3 is 0 Å². The molecule has 1 aromatic rings. The van der Waals surface area contributed by atoms with E-state index in [2.05, 4.69) is 9.62 Å². The van der Waals surface area contributed by atoms with Crippen LogP contribution in [0.5, 0.6) is 0 Å². The predicted molar refractivity (Wildman–Crippen MR) is 96.9 cm³/mol. The molecule has 138 valence electrons. The highest BCUT2D eigenvalue weighted by atomic mass is 32.2. The Morgan fingerprint density at radius 3 is 2.56 bits per heavy atom. The lowest BCUT2D eigenvalue weighted by atomic mass is 9.78. The lowest BCUT2D eigenvalue weighted by Gasteiger charge is -2.53. The fraction of sp³-hybridized carbons (Fsp3) is 0.684. The summed E-state index contributed by atoms with van der Waals surface area (Å²) in [6.07, 6.45) is 7.28. The summed E-state index contributed by atoms with van der Waals surface area (Å²) in [5.41, 5.74) is -0.0131. The minimum Gasteiger partial charge on any atom is -0.372 e. The van der Waals surface area contributed by atoms with Gasteiger partial charge in [0.15, 0.2) is 0 Å². The molecule has 0 unspecified atom stereocenters. The summed E-state index contributed by atoms with van der Waals surface area (Å²) in [4.78, 5) is 2.92. The van der Waals surface area contributed by atoms with Crippen LogP contribution in [0.25, 0.3) is 0 Å². The lowest BCUT2D eigenvalue weighted by Crippen LogP contribution is -2.66. The normalized spacial score (nSPS) is 27.0. The second-order valence-corrected chi connectivity index (χ2v) is 9.51. The average molecular weight is 365 g/mol. The van der Waals surface area contributed by atoms with Gasteiger partial charge in [0, 0.05) is 32.3 Å². The Kier molecular flexibility index (Phi) is 4.88. The number of ether oxygens (including phenoxy) is 1. The van der Waals surface area contributed by atoms with Crippen LogP contribution in [0, 0.1) is 5.92 Å². The highest BCUT2D eigenvalue weighted by molar-refractivity contribution is 7.89. The van der Waals surface area contributed by atoms with Crippen molar-refractivity contribution in [1.29, 1.82) is 0 Å². The predicted octanol–water partition coefficient (Wildman–Crippen LogP) is 2.39. The minimum atomic E-state index is -3.40. The molecule has 5 nitrogen and oxygen atoms in total. The zero-order valence-corrected chi connectivity index (χ0v) is 15.5. The van der Waals surface area contributed by atoms with E-state index in [4.69, 9.17) is 4.74 Å². The first kappa shape index (κ1) is 17.5. The third-order valence-electron chi connectivity index (χ3n) is 6.22. The first-order valence-electron chi connectivity index (χ1n) is 9.52. The van der Waals surface area contributed by atoms with E-state index in [0.29, 0.717) is 17.4 Å². The number of benzene rings is 1. The van der Waals surface area contributed by atoms with Crippen LogP contribution >= 0.6 is 0 Å². The highest BCUT2D eigenvalue weighted by Gasteiger charge is 2.54. The molecular weight excluding hydrogens is 336 g/mol. The topological polar surface area (TPSA) is 58.6 Å². The molecule has 0 aromatic heterocycles. The number of nitrogens with zero attached hydrogens (tertiary/aromatic N) is 1. The van der Waals surface area contributed by atoms with Gasteiger partial charge in [-0.25, -0.2) is 13.1 Å². The number of sulfonamides is 1. The Morgan fingerprint density at radius 2 is 1.84 bits per heavy atom. The quantitative estimate of drug-likeness (QED) is 0.842. The Morgan fingerprint density at radius 1 is 1.12 bits per heavy atom. The summed E-state index contributed by atoms with van der Waals surface area (Å²) in [5.74, 6) is 0.462. The molecule has 0 bridgehead atoms. The first-order valence-corrected chi connectivity index (χ1v) is 11.0. The molecule has 1 spiro atoms. The Labute approximate surface area is 150 Å². The van der Waals surface area contributed by atoms with E-state index in [1.165, 1.54) is 25.7 Å². The molecular formula is C19H28N2O3S. The molecule has 25 heavy (non-hydrogen) atoms. The van der Waals surface area contributed by atoms with Gasteiger partial charge in [-0.15, -0.1) is 0 Å². The molecule has 3 aliphatic rings. The van der Waals surface area contributed by atoms with Crippen molar-refractivity contribution in [3.63, 3.8) is 0 Å². The van der Waals surface area contributed by atoms with Crippen molar-refractivity contribution in [2.45, 2.75) is 55.1 Å². The van der Waals surface area contributed by atoms with E-state index in [0.717, 1.165) is 38.6 Å². The van der Waals surface area contributed by atoms with Crippen LogP contribution in [0.2, 0.25) is 0 Å². The lowest BCUT2D eigenvalue weighted by molar-refractivity contribution is -0.146. The summed E-state index contributed by atoms with van der Waals surface area (Å²) < 4.78 is 33.5. The molecule has 1 saturated carbocycles. The van der Waals surface area contributed by atoms with E-state index in [1.807, 2.05) is 6.07 Å². The number of hydrogen-bond donors (Lipinski definition) is 1. The van der Waals surface area contributed by atoms with Crippen molar-refractivity contribution in [2.24, 2.45) is 5.92 Å². The van der Waals surface area contributed by atoms with E-state index in [-0.39, 0.29) is 5.60 Å². The zero-order valence-electron chi connectivity index (χ0n) is 14.7. The molecule has 1 aliphatic carbocycles. The number of likely N-dealkylation sites (tertiary alicyclic amines) is 1. The maximum Gasteiger partial charge on any atom is 0.240 e. The van der Waals surface area contributed by atoms with E-state index >= 15 is 0 Å². The average Bonchev–Trinajstić information content (AvgIpc) is 3.23. The van der Waals surface area contributed by atoms with Gasteiger partial charge < -0.3 is 4.74 Å². The van der Waals surface area contributed by atoms with Crippen LogP contribution in [0.1, 0.15) is 38.5 Å². The van der Waals surface area contributed by atoms with Crippen molar-refractivity contribution in [3.8, 4) is 0 Å². The SMILES string of the molecule is O=S(=O)(NCC[C@@H]1CCOC12CN(C1CCCC1)C2)c1ccccc1. The minimum absolute atomic E-state index is 0.0131. The van der Waals surface area contributed by atoms with Gasteiger partial charge in [-0.05, 0) is 43.7 Å². The summed E-state index contributed by atoms with van der Waals surface area (Å²) in [6.45, 7) is 3.37. The summed E-state index contributed by atoms with van der Waals surface area (Å²) >= 11 is 0. The smallest absolute Gasteiger partial charge is 0.240 e. The number of nitrogens with one attached hydrogen (secondary N) is 1. The molecule has 1 N–H and O–H groups in total. The third-order valence-corrected chi connectivity index (χ3v) is 7.70. The van der Waals surface area contributed by atoms with Crippen molar-refractivity contribution in [1.82, 2.24) is 9.62 Å². The summed E-state index contributed by atoms with van der Waals surface area (Å²) in [5, 5.41) is 0. The second-order valence-electron chi connectivity index (χ2n) is 7.74. The summed E-state index contributed by atoms with van der Waals surface area (Å²) in [7, 11) is -3.40. The van der Waals surface area contributed by atoms with Gasteiger partial charge in [0.1, 0.15) is 0 Å². The van der Waals surface area contributed by atoms with Gasteiger partial charge in [0.05, 0.1) is 10.5 Å². The summed E-state index contributed by atoms with van der Waals surface area (Å²) in [6, 6.07) is 9.35. The van der Waals surface area contributed by atoms with Gasteiger partial charge in [-0.3, -0.25) is 4.90 Å². The maximum absolute atomic E-state index is 12.3. The van der Waals surface area contributed by atoms with Crippen molar-refractivity contribution in [3.05, 3.63) is 30.3 Å². The van der Waals surface area contributed by atoms with Crippen molar-refractivity contribution < 1.29 is 13.2 Å². The molecule has 3 fully saturated rings. The van der Waals surface area contributed by atoms with Crippen LogP contribution in [0.4, 0.5) is 0 Å². The first-order chi connectivity index (χ1) is 12.1. The molecule has 1 aromatic carbocycles. The van der Waals surface area contributed by atoms with Crippen LogP contribution < -0.4 is 4.72 Å². The highest BCUT2D eigenvalue weighted by Crippen LogP contribution is 2.44. The van der Waals surface area contributed by atoms with Gasteiger partial charge in [-0.1, -0.05) is 31.0 Å². The van der Waals surface area contributed by atoms with Gasteiger partial charge in [-0.2, -0.15) is 0 Å². The molecule has 1 atom stereocenters. The van der Waals surface area contributed by atoms with Crippen molar-refractivity contribution >= 4 is 10.0 Å². The Bertz CT molecular complexity index is 680. The van der Waals surface area contributed by atoms with Crippen LogP contribution in [0.3, 0.4) is 0 Å². The van der Waals surface area contributed by atoms with E-state index in [1.54, 1.807) is 24.3 Å². The molecule has 2 aliphatic heterocycles. The van der Waals surface area contributed by atoms with Crippen LogP contribution in [0.15, 0.2) is 35.2 Å². The molecule has 2 saturated heterocycles. The molecule has 0 radical (unpaired) electrons. The standard InChI is InChI=1S/C19H28N2O3S/c22-25(23,18-8-2-1-3-9-18)20-12-10-16-11-13-24-19(16)14-21(15-19)17-6-4-5-7-17/h1-3,8-9,16-17,20H,4-7,10-15H2/t16-/m1/s1. The number of rotatable bonds is 6. The van der Waals surface area contributed by atoms with E-state index < -0.39 is 10.0 Å². The Hall–Kier alpha value is -0.950. The molecule has 6 heteroatoms. The fourth-order valence-corrected chi connectivity index (χ4v) is 5.83. The van der Waals surface area contributed by atoms with Crippen LogP contribution in [-0.2, 0) is 14.8 Å². The second kappa shape index (κ2) is 6.99. The van der Waals surface area contributed by atoms with Crippen LogP contribution in [-0.4, -0.2) is 51.2 Å². The largest absolute Gasteiger partial charge is 0.372 e. The third kappa shape index (κ3) is 3.50. The number of hydrogen-bond acceptors (Lipinski definition) is 4. The molecule has 0 amide bonds. The molecule has 4 rings (SSSR count). The van der Waals surface area contributed by atoms with E-state index in [9.17, 15) is 8.42 Å². The van der Waals surface area contributed by atoms with Crippen molar-refractivity contribution in [2.75, 3.05) is 26.2 Å². The fourth-order valence-electron chi connectivity index (χ4n) is 4.76. The monoisotopic (exact) mass is 364 g/mol. The van der Waals surface area contributed by atoms with Gasteiger partial charge in [0.25, 0.3) is 0 Å².